The van der Waals surface area contributed by atoms with E-state index in [1.54, 1.807) is 20.0 Å². The van der Waals surface area contributed by atoms with Gasteiger partial charge in [0.25, 0.3) is 0 Å². The highest BCUT2D eigenvalue weighted by Crippen LogP contribution is 2.19. The molecule has 1 heterocycles. The first-order chi connectivity index (χ1) is 14.1. The summed E-state index contributed by atoms with van der Waals surface area (Å²) in [6.45, 7) is 3.32. The summed E-state index contributed by atoms with van der Waals surface area (Å²) in [5, 5.41) is 15.2. The Morgan fingerprint density at radius 3 is 2.37 bits per heavy atom. The van der Waals surface area contributed by atoms with Gasteiger partial charge in [-0.1, -0.05) is 32.0 Å². The number of aliphatic carboxylic acids is 1. The quantitative estimate of drug-likeness (QED) is 0.306. The van der Waals surface area contributed by atoms with Crippen molar-refractivity contribution in [2.75, 3.05) is 0 Å². The average Bonchev–Trinajstić information content (AvgIpc) is 3.07. The number of aromatic nitrogens is 1. The molecule has 10 nitrogen and oxygen atoms in total. The van der Waals surface area contributed by atoms with E-state index in [9.17, 15) is 24.3 Å². The Hall–Kier alpha value is -3.40. The molecule has 10 heteroatoms. The topological polar surface area (TPSA) is 180 Å². The number of nitrogens with two attached hydrogens (primary N) is 2. The molecular formula is C20H27N5O5. The number of hydrogen-bond donors (Lipinski definition) is 6. The zero-order chi connectivity index (χ0) is 22.4. The number of carboxylic acid groups (broad SMARTS) is 1. The zero-order valence-corrected chi connectivity index (χ0v) is 16.8. The van der Waals surface area contributed by atoms with Crippen molar-refractivity contribution < 1.29 is 24.3 Å². The number of nitrogens with one attached hydrogen (secondary N) is 3. The third kappa shape index (κ3) is 5.80. The van der Waals surface area contributed by atoms with Crippen molar-refractivity contribution in [1.29, 1.82) is 0 Å². The maximum atomic E-state index is 12.9. The van der Waals surface area contributed by atoms with Crippen LogP contribution in [0.3, 0.4) is 0 Å². The summed E-state index contributed by atoms with van der Waals surface area (Å²) in [7, 11) is 0. The fraction of sp³-hybridized carbons (Fsp3) is 0.400. The van der Waals surface area contributed by atoms with E-state index in [2.05, 4.69) is 15.6 Å². The lowest BCUT2D eigenvalue weighted by molar-refractivity contribution is -0.143. The number of carbonyl (C=O) groups is 4. The van der Waals surface area contributed by atoms with Crippen molar-refractivity contribution in [1.82, 2.24) is 15.6 Å². The monoisotopic (exact) mass is 417 g/mol. The highest BCUT2D eigenvalue weighted by atomic mass is 16.4. The number of benzene rings is 1. The second-order valence-corrected chi connectivity index (χ2v) is 7.47. The number of aromatic amines is 1. The standard InChI is InChI=1S/C20H27N5O5/c1-10(2)17(20(29)30)25-19(28)15(24-18(27)13(21)8-16(22)26)7-11-9-23-14-6-4-3-5-12(11)14/h3-6,9-10,13,15,17,23H,7-8,21H2,1-2H3,(H2,22,26)(H,24,27)(H,25,28)(H,29,30). The van der Waals surface area contributed by atoms with E-state index in [4.69, 9.17) is 11.5 Å². The molecule has 1 aromatic heterocycles. The minimum atomic E-state index is -1.22. The van der Waals surface area contributed by atoms with Gasteiger partial charge in [-0.3, -0.25) is 14.4 Å². The van der Waals surface area contributed by atoms with Crippen LogP contribution in [0.2, 0.25) is 0 Å². The summed E-state index contributed by atoms with van der Waals surface area (Å²) in [6, 6.07) is 3.99. The van der Waals surface area contributed by atoms with Gasteiger partial charge in [-0.25, -0.2) is 4.79 Å². The average molecular weight is 417 g/mol. The lowest BCUT2D eigenvalue weighted by atomic mass is 10.0. The summed E-state index contributed by atoms with van der Waals surface area (Å²) >= 11 is 0. The molecule has 0 aliphatic carbocycles. The maximum absolute atomic E-state index is 12.9. The van der Waals surface area contributed by atoms with Gasteiger partial charge >= 0.3 is 5.97 Å². The number of hydrogen-bond acceptors (Lipinski definition) is 5. The lowest BCUT2D eigenvalue weighted by Gasteiger charge is -2.24. The van der Waals surface area contributed by atoms with Crippen molar-refractivity contribution in [2.24, 2.45) is 17.4 Å². The van der Waals surface area contributed by atoms with Crippen LogP contribution in [0.4, 0.5) is 0 Å². The summed E-state index contributed by atoms with van der Waals surface area (Å²) in [5.41, 5.74) is 12.4. The number of carboxylic acids is 1. The molecule has 3 unspecified atom stereocenters. The van der Waals surface area contributed by atoms with Crippen molar-refractivity contribution in [3.8, 4) is 0 Å². The molecule has 3 amide bonds. The van der Waals surface area contributed by atoms with Gasteiger partial charge in [0.15, 0.2) is 0 Å². The molecule has 30 heavy (non-hydrogen) atoms. The Labute approximate surface area is 173 Å². The smallest absolute Gasteiger partial charge is 0.326 e. The van der Waals surface area contributed by atoms with Crippen LogP contribution in [0.5, 0.6) is 0 Å². The summed E-state index contributed by atoms with van der Waals surface area (Å²) in [5.74, 6) is -3.69. The van der Waals surface area contributed by atoms with Crippen LogP contribution >= 0.6 is 0 Å². The summed E-state index contributed by atoms with van der Waals surface area (Å²) in [6.07, 6.45) is 1.43. The Morgan fingerprint density at radius 1 is 1.10 bits per heavy atom. The van der Waals surface area contributed by atoms with Crippen molar-refractivity contribution in [3.05, 3.63) is 36.0 Å². The SMILES string of the molecule is CC(C)C(NC(=O)C(Cc1c[nH]c2ccccc12)NC(=O)C(N)CC(N)=O)C(=O)O. The molecule has 0 saturated heterocycles. The van der Waals surface area contributed by atoms with E-state index in [1.807, 2.05) is 24.3 Å². The van der Waals surface area contributed by atoms with Crippen molar-refractivity contribution >= 4 is 34.6 Å². The number of rotatable bonds is 10. The van der Waals surface area contributed by atoms with Crippen molar-refractivity contribution in [2.45, 2.75) is 44.8 Å². The molecule has 162 valence electrons. The van der Waals surface area contributed by atoms with Gasteiger partial charge in [-0.15, -0.1) is 0 Å². The van der Waals surface area contributed by atoms with Crippen molar-refractivity contribution in [3.63, 3.8) is 0 Å². The third-order valence-electron chi connectivity index (χ3n) is 4.72. The first-order valence-electron chi connectivity index (χ1n) is 9.52. The van der Waals surface area contributed by atoms with Gasteiger partial charge < -0.3 is 32.2 Å². The molecule has 0 fully saturated rings. The Balaban J connectivity index is 2.26. The van der Waals surface area contributed by atoms with Crippen LogP contribution in [-0.4, -0.2) is 51.9 Å². The fourth-order valence-corrected chi connectivity index (χ4v) is 3.09. The number of fused-ring (bicyclic) bond motifs is 1. The molecule has 8 N–H and O–H groups in total. The van der Waals surface area contributed by atoms with Gasteiger partial charge in [-0.05, 0) is 17.5 Å². The third-order valence-corrected chi connectivity index (χ3v) is 4.72. The van der Waals surface area contributed by atoms with Crippen LogP contribution in [0, 0.1) is 5.92 Å². The van der Waals surface area contributed by atoms with Crippen LogP contribution < -0.4 is 22.1 Å². The first-order valence-corrected chi connectivity index (χ1v) is 9.52. The van der Waals surface area contributed by atoms with E-state index in [0.717, 1.165) is 16.5 Å². The van der Waals surface area contributed by atoms with Crippen LogP contribution in [0.15, 0.2) is 30.5 Å². The highest BCUT2D eigenvalue weighted by Gasteiger charge is 2.30. The molecule has 0 radical (unpaired) electrons. The highest BCUT2D eigenvalue weighted by molar-refractivity contribution is 5.94. The molecule has 0 saturated carbocycles. The normalized spacial score (nSPS) is 14.1. The molecule has 0 bridgehead atoms. The van der Waals surface area contributed by atoms with Gasteiger partial charge in [0.2, 0.25) is 17.7 Å². The van der Waals surface area contributed by atoms with E-state index in [-0.39, 0.29) is 18.8 Å². The number of carbonyl (C=O) groups excluding carboxylic acids is 3. The lowest BCUT2D eigenvalue weighted by Crippen LogP contribution is -2.56. The van der Waals surface area contributed by atoms with Gasteiger partial charge in [0.05, 0.1) is 12.5 Å². The summed E-state index contributed by atoms with van der Waals surface area (Å²) in [4.78, 5) is 50.9. The second kappa shape index (κ2) is 9.88. The van der Waals surface area contributed by atoms with Gasteiger partial charge in [0, 0.05) is 23.5 Å². The molecule has 2 aromatic rings. The minimum Gasteiger partial charge on any atom is -0.480 e. The molecular weight excluding hydrogens is 390 g/mol. The Kier molecular flexibility index (Phi) is 7.54. The van der Waals surface area contributed by atoms with E-state index in [0.29, 0.717) is 0 Å². The van der Waals surface area contributed by atoms with Gasteiger partial charge in [0.1, 0.15) is 12.1 Å². The molecule has 0 aliphatic rings. The number of amides is 3. The van der Waals surface area contributed by atoms with E-state index < -0.39 is 41.8 Å². The van der Waals surface area contributed by atoms with Crippen LogP contribution in [-0.2, 0) is 25.6 Å². The maximum Gasteiger partial charge on any atom is 0.326 e. The first kappa shape index (κ1) is 22.9. The summed E-state index contributed by atoms with van der Waals surface area (Å²) < 4.78 is 0. The largest absolute Gasteiger partial charge is 0.480 e. The van der Waals surface area contributed by atoms with Crippen LogP contribution in [0.1, 0.15) is 25.8 Å². The Bertz CT molecular complexity index is 939. The van der Waals surface area contributed by atoms with Gasteiger partial charge in [-0.2, -0.15) is 0 Å². The van der Waals surface area contributed by atoms with E-state index in [1.165, 1.54) is 0 Å². The molecule has 2 rings (SSSR count). The number of para-hydroxylation sites is 1. The minimum absolute atomic E-state index is 0.0926. The molecule has 3 atom stereocenters. The predicted octanol–water partition coefficient (Wildman–Crippen LogP) is -0.377. The number of H-pyrrole nitrogens is 1. The Morgan fingerprint density at radius 2 is 1.77 bits per heavy atom. The second-order valence-electron chi connectivity index (χ2n) is 7.47. The van der Waals surface area contributed by atoms with E-state index >= 15 is 0 Å². The predicted molar refractivity (Wildman–Crippen MR) is 110 cm³/mol. The van der Waals surface area contributed by atoms with Crippen LogP contribution in [0.25, 0.3) is 10.9 Å². The molecule has 0 spiro atoms. The number of primary amides is 1. The fourth-order valence-electron chi connectivity index (χ4n) is 3.09. The zero-order valence-electron chi connectivity index (χ0n) is 16.8. The molecule has 0 aliphatic heterocycles. The molecule has 1 aromatic carbocycles.